The average Bonchev–Trinajstić information content (AvgIpc) is 2.30. The fourth-order valence-electron chi connectivity index (χ4n) is 1.50. The number of hydrogen-bond donors (Lipinski definition) is 2. The van der Waals surface area contributed by atoms with Gasteiger partial charge in [-0.2, -0.15) is 0 Å². The second-order valence-electron chi connectivity index (χ2n) is 4.09. The third kappa shape index (κ3) is 4.95. The van der Waals surface area contributed by atoms with Crippen LogP contribution in [0.5, 0.6) is 0 Å². The third-order valence-corrected chi connectivity index (χ3v) is 2.44. The highest BCUT2D eigenvalue weighted by molar-refractivity contribution is 5.86. The van der Waals surface area contributed by atoms with Gasteiger partial charge >= 0.3 is 0 Å². The molecule has 0 aliphatic rings. The Kier molecular flexibility index (Phi) is 5.30. The molecule has 98 valence electrons. The first-order chi connectivity index (χ1) is 8.49. The van der Waals surface area contributed by atoms with E-state index in [0.29, 0.717) is 13.0 Å². The van der Waals surface area contributed by atoms with Crippen LogP contribution in [0, 0.1) is 5.82 Å². The van der Waals surface area contributed by atoms with Crippen molar-refractivity contribution in [1.82, 2.24) is 10.6 Å². The van der Waals surface area contributed by atoms with Crippen LogP contribution in [0.2, 0.25) is 0 Å². The lowest BCUT2D eigenvalue weighted by molar-refractivity contribution is -0.127. The number of carbonyl (C=O) groups excluding carboxylic acids is 2. The molecule has 4 nitrogen and oxygen atoms in total. The van der Waals surface area contributed by atoms with Crippen molar-refractivity contribution >= 4 is 11.8 Å². The summed E-state index contributed by atoms with van der Waals surface area (Å²) < 4.78 is 12.7. The molecule has 1 aromatic rings. The maximum absolute atomic E-state index is 12.7. The van der Waals surface area contributed by atoms with Gasteiger partial charge < -0.3 is 10.6 Å². The first kappa shape index (κ1) is 14.2. The van der Waals surface area contributed by atoms with Gasteiger partial charge in [-0.05, 0) is 31.0 Å². The van der Waals surface area contributed by atoms with Gasteiger partial charge in [0.05, 0.1) is 0 Å². The molecule has 0 aliphatic heterocycles. The SMILES string of the molecule is CC(=O)N[C@@H](C)C(=O)NCCc1ccc(F)cc1. The Labute approximate surface area is 106 Å². The Morgan fingerprint density at radius 3 is 2.44 bits per heavy atom. The minimum Gasteiger partial charge on any atom is -0.354 e. The number of halogens is 1. The first-order valence-corrected chi connectivity index (χ1v) is 5.78. The summed E-state index contributed by atoms with van der Waals surface area (Å²) in [6.07, 6.45) is 0.624. The monoisotopic (exact) mass is 252 g/mol. The fourth-order valence-corrected chi connectivity index (χ4v) is 1.50. The molecule has 18 heavy (non-hydrogen) atoms. The van der Waals surface area contributed by atoms with Crippen molar-refractivity contribution in [2.24, 2.45) is 0 Å². The van der Waals surface area contributed by atoms with E-state index in [2.05, 4.69) is 10.6 Å². The molecule has 1 aromatic carbocycles. The molecule has 0 aromatic heterocycles. The van der Waals surface area contributed by atoms with E-state index in [4.69, 9.17) is 0 Å². The molecule has 0 spiro atoms. The molecule has 2 N–H and O–H groups in total. The Morgan fingerprint density at radius 2 is 1.89 bits per heavy atom. The molecular formula is C13H17FN2O2. The summed E-state index contributed by atoms with van der Waals surface area (Å²) in [7, 11) is 0. The highest BCUT2D eigenvalue weighted by Crippen LogP contribution is 2.02. The predicted octanol–water partition coefficient (Wildman–Crippen LogP) is 1.01. The zero-order chi connectivity index (χ0) is 13.5. The van der Waals surface area contributed by atoms with Crippen molar-refractivity contribution in [2.45, 2.75) is 26.3 Å². The van der Waals surface area contributed by atoms with Crippen molar-refractivity contribution in [2.75, 3.05) is 6.54 Å². The highest BCUT2D eigenvalue weighted by Gasteiger charge is 2.12. The van der Waals surface area contributed by atoms with Gasteiger partial charge in [0.25, 0.3) is 0 Å². The summed E-state index contributed by atoms with van der Waals surface area (Å²) in [6.45, 7) is 3.44. The predicted molar refractivity (Wildman–Crippen MR) is 66.4 cm³/mol. The van der Waals surface area contributed by atoms with Gasteiger partial charge in [0.2, 0.25) is 11.8 Å². The van der Waals surface area contributed by atoms with Crippen LogP contribution in [0.1, 0.15) is 19.4 Å². The number of amides is 2. The van der Waals surface area contributed by atoms with Gasteiger partial charge in [0, 0.05) is 13.5 Å². The number of hydrogen-bond acceptors (Lipinski definition) is 2. The largest absolute Gasteiger partial charge is 0.354 e. The van der Waals surface area contributed by atoms with Crippen molar-refractivity contribution in [3.8, 4) is 0 Å². The van der Waals surface area contributed by atoms with Crippen molar-refractivity contribution in [3.05, 3.63) is 35.6 Å². The van der Waals surface area contributed by atoms with E-state index >= 15 is 0 Å². The fraction of sp³-hybridized carbons (Fsp3) is 0.385. The van der Waals surface area contributed by atoms with Crippen molar-refractivity contribution < 1.29 is 14.0 Å². The van der Waals surface area contributed by atoms with Gasteiger partial charge in [-0.25, -0.2) is 4.39 Å². The van der Waals surface area contributed by atoms with E-state index in [1.807, 2.05) is 0 Å². The standard InChI is InChI=1S/C13H17FN2O2/c1-9(16-10(2)17)13(18)15-8-7-11-3-5-12(14)6-4-11/h3-6,9H,7-8H2,1-2H3,(H,15,18)(H,16,17)/t9-/m0/s1. The number of benzene rings is 1. The summed E-state index contributed by atoms with van der Waals surface area (Å²) in [4.78, 5) is 22.3. The van der Waals surface area contributed by atoms with E-state index in [1.165, 1.54) is 19.1 Å². The molecule has 2 amide bonds. The van der Waals surface area contributed by atoms with Crippen LogP contribution in [0.15, 0.2) is 24.3 Å². The smallest absolute Gasteiger partial charge is 0.242 e. The second-order valence-corrected chi connectivity index (χ2v) is 4.09. The normalized spacial score (nSPS) is 11.7. The summed E-state index contributed by atoms with van der Waals surface area (Å²) in [6, 6.07) is 5.58. The van der Waals surface area contributed by atoms with Crippen LogP contribution in [0.3, 0.4) is 0 Å². The summed E-state index contributed by atoms with van der Waals surface area (Å²) in [5.41, 5.74) is 0.948. The van der Waals surface area contributed by atoms with Crippen LogP contribution < -0.4 is 10.6 Å². The number of rotatable bonds is 5. The first-order valence-electron chi connectivity index (χ1n) is 5.78. The Balaban J connectivity index is 2.31. The number of carbonyl (C=O) groups is 2. The maximum Gasteiger partial charge on any atom is 0.242 e. The molecular weight excluding hydrogens is 235 g/mol. The zero-order valence-electron chi connectivity index (χ0n) is 10.5. The zero-order valence-corrected chi connectivity index (χ0v) is 10.5. The van der Waals surface area contributed by atoms with E-state index in [1.54, 1.807) is 19.1 Å². The molecule has 1 rings (SSSR count). The maximum atomic E-state index is 12.7. The molecule has 0 saturated carbocycles. The van der Waals surface area contributed by atoms with E-state index in [0.717, 1.165) is 5.56 Å². The molecule has 0 fully saturated rings. The lowest BCUT2D eigenvalue weighted by atomic mass is 10.1. The van der Waals surface area contributed by atoms with Gasteiger partial charge in [0.15, 0.2) is 0 Å². The minimum atomic E-state index is -0.546. The highest BCUT2D eigenvalue weighted by atomic mass is 19.1. The lowest BCUT2D eigenvalue weighted by Gasteiger charge is -2.12. The van der Waals surface area contributed by atoms with E-state index in [9.17, 15) is 14.0 Å². The van der Waals surface area contributed by atoms with Gasteiger partial charge in [-0.3, -0.25) is 9.59 Å². The Morgan fingerprint density at radius 1 is 1.28 bits per heavy atom. The topological polar surface area (TPSA) is 58.2 Å². The van der Waals surface area contributed by atoms with Gasteiger partial charge in [-0.1, -0.05) is 12.1 Å². The molecule has 0 heterocycles. The molecule has 0 saturated heterocycles. The van der Waals surface area contributed by atoms with Gasteiger partial charge in [-0.15, -0.1) is 0 Å². The van der Waals surface area contributed by atoms with Crippen molar-refractivity contribution in [3.63, 3.8) is 0 Å². The summed E-state index contributed by atoms with van der Waals surface area (Å²) in [5.74, 6) is -0.745. The van der Waals surface area contributed by atoms with E-state index in [-0.39, 0.29) is 17.6 Å². The van der Waals surface area contributed by atoms with Crippen LogP contribution >= 0.6 is 0 Å². The lowest BCUT2D eigenvalue weighted by Crippen LogP contribution is -2.44. The summed E-state index contributed by atoms with van der Waals surface area (Å²) in [5, 5.41) is 5.20. The molecule has 1 atom stereocenters. The van der Waals surface area contributed by atoms with Crippen LogP contribution in [-0.2, 0) is 16.0 Å². The third-order valence-electron chi connectivity index (χ3n) is 2.44. The van der Waals surface area contributed by atoms with E-state index < -0.39 is 6.04 Å². The van der Waals surface area contributed by atoms with Crippen LogP contribution in [0.25, 0.3) is 0 Å². The Bertz CT molecular complexity index is 418. The molecule has 0 aliphatic carbocycles. The molecule has 0 unspecified atom stereocenters. The van der Waals surface area contributed by atoms with Crippen molar-refractivity contribution in [1.29, 1.82) is 0 Å². The summed E-state index contributed by atoms with van der Waals surface area (Å²) >= 11 is 0. The molecule has 0 bridgehead atoms. The van der Waals surface area contributed by atoms with Gasteiger partial charge in [0.1, 0.15) is 11.9 Å². The quantitative estimate of drug-likeness (QED) is 0.821. The Hall–Kier alpha value is -1.91. The number of nitrogens with one attached hydrogen (secondary N) is 2. The molecule has 0 radical (unpaired) electrons. The molecule has 5 heteroatoms. The van der Waals surface area contributed by atoms with Crippen LogP contribution in [-0.4, -0.2) is 24.4 Å². The minimum absolute atomic E-state index is 0.229. The average molecular weight is 252 g/mol. The van der Waals surface area contributed by atoms with Crippen LogP contribution in [0.4, 0.5) is 4.39 Å². The second kappa shape index (κ2) is 6.74.